The van der Waals surface area contributed by atoms with E-state index in [9.17, 15) is 27.5 Å². The normalized spacial score (nSPS) is 25.7. The van der Waals surface area contributed by atoms with Crippen LogP contribution in [-0.2, 0) is 24.3 Å². The maximum Gasteiger partial charge on any atom is 0.338 e. The Labute approximate surface area is 246 Å². The minimum absolute atomic E-state index is 0.0774. The number of ether oxygens (including phenoxy) is 1. The van der Waals surface area contributed by atoms with Gasteiger partial charge in [0.1, 0.15) is 11.9 Å². The third kappa shape index (κ3) is 5.52. The molecule has 14 heteroatoms. The standard InChI is InChI=1S/C27H30ClFN4O6S2/c1-3-39-25(34)19-21(15-7-10-33(11-8-15)41(37,38)16-13-27(2,14-16)26(35)36)31-23(24-30-9-12-40-24)32-22(19)17-5-4-6-18(29)20(17)28/h4-6,9,12,15-16,22H,3,7-8,10-11,13-14H2,1-2H3,(H,31,32)(H,35,36)/t16?,22-,27?/m1/s1. The van der Waals surface area contributed by atoms with E-state index in [1.165, 1.54) is 27.8 Å². The molecule has 0 amide bonds. The van der Waals surface area contributed by atoms with Crippen molar-refractivity contribution in [2.75, 3.05) is 19.7 Å². The molecule has 1 saturated heterocycles. The molecule has 1 aromatic carbocycles. The van der Waals surface area contributed by atoms with Crippen molar-refractivity contribution in [3.05, 3.63) is 62.5 Å². The van der Waals surface area contributed by atoms with E-state index in [1.807, 2.05) is 0 Å². The van der Waals surface area contributed by atoms with Crippen molar-refractivity contribution in [1.29, 1.82) is 0 Å². The predicted octanol–water partition coefficient (Wildman–Crippen LogP) is 4.14. The highest BCUT2D eigenvalue weighted by Gasteiger charge is 2.53. The number of carbonyl (C=O) groups excluding carboxylic acids is 1. The Kier molecular flexibility index (Phi) is 8.25. The number of halogens is 2. The number of hydrogen-bond acceptors (Lipinski definition) is 9. The largest absolute Gasteiger partial charge is 0.481 e. The van der Waals surface area contributed by atoms with Crippen LogP contribution in [0.5, 0.6) is 0 Å². The van der Waals surface area contributed by atoms with E-state index in [2.05, 4.69) is 10.3 Å². The molecule has 10 nitrogen and oxygen atoms in total. The highest BCUT2D eigenvalue weighted by Crippen LogP contribution is 2.46. The molecule has 41 heavy (non-hydrogen) atoms. The van der Waals surface area contributed by atoms with E-state index in [1.54, 1.807) is 31.5 Å². The van der Waals surface area contributed by atoms with Crippen molar-refractivity contribution in [3.8, 4) is 0 Å². The summed E-state index contributed by atoms with van der Waals surface area (Å²) < 4.78 is 47.9. The summed E-state index contributed by atoms with van der Waals surface area (Å²) in [5.41, 5.74) is -0.0141. The van der Waals surface area contributed by atoms with Crippen molar-refractivity contribution in [2.24, 2.45) is 16.3 Å². The van der Waals surface area contributed by atoms with E-state index in [-0.39, 0.29) is 49.1 Å². The number of allylic oxidation sites excluding steroid dienone is 1. The Morgan fingerprint density at radius 3 is 2.61 bits per heavy atom. The van der Waals surface area contributed by atoms with Crippen LogP contribution >= 0.6 is 22.9 Å². The number of hydrogen-bond donors (Lipinski definition) is 2. The van der Waals surface area contributed by atoms with Gasteiger partial charge in [-0.3, -0.25) is 9.79 Å². The molecule has 3 aliphatic rings. The summed E-state index contributed by atoms with van der Waals surface area (Å²) in [5, 5.41) is 14.1. The first-order valence-corrected chi connectivity index (χ1v) is 16.0. The van der Waals surface area contributed by atoms with Crippen molar-refractivity contribution < 1.29 is 32.2 Å². The maximum atomic E-state index is 14.5. The number of nitrogens with zero attached hydrogens (tertiary/aromatic N) is 3. The number of thiazole rings is 1. The van der Waals surface area contributed by atoms with E-state index in [0.717, 1.165) is 0 Å². The number of amidine groups is 1. The van der Waals surface area contributed by atoms with Crippen LogP contribution in [0.2, 0.25) is 5.02 Å². The van der Waals surface area contributed by atoms with E-state index in [0.29, 0.717) is 34.9 Å². The smallest absolute Gasteiger partial charge is 0.338 e. The summed E-state index contributed by atoms with van der Waals surface area (Å²) in [5.74, 6) is -2.14. The van der Waals surface area contributed by atoms with Crippen LogP contribution in [0.4, 0.5) is 4.39 Å². The molecular weight excluding hydrogens is 595 g/mol. The van der Waals surface area contributed by atoms with Gasteiger partial charge in [0.2, 0.25) is 10.0 Å². The van der Waals surface area contributed by atoms with Crippen LogP contribution in [0.15, 0.2) is 46.0 Å². The molecule has 0 spiro atoms. The molecule has 1 aromatic heterocycles. The van der Waals surface area contributed by atoms with Crippen LogP contribution in [-0.4, -0.2) is 65.5 Å². The van der Waals surface area contributed by atoms with Gasteiger partial charge in [-0.15, -0.1) is 11.3 Å². The van der Waals surface area contributed by atoms with Gasteiger partial charge in [-0.25, -0.2) is 26.9 Å². The Morgan fingerprint density at radius 1 is 1.29 bits per heavy atom. The second kappa shape index (κ2) is 11.4. The molecule has 2 N–H and O–H groups in total. The molecule has 3 heterocycles. The Morgan fingerprint density at radius 2 is 2.00 bits per heavy atom. The van der Waals surface area contributed by atoms with Crippen molar-refractivity contribution in [3.63, 3.8) is 0 Å². The molecule has 0 radical (unpaired) electrons. The molecule has 0 unspecified atom stereocenters. The summed E-state index contributed by atoms with van der Waals surface area (Å²) in [6.45, 7) is 3.75. The molecular formula is C27H30ClFN4O6S2. The van der Waals surface area contributed by atoms with Gasteiger partial charge >= 0.3 is 11.9 Å². The monoisotopic (exact) mass is 624 g/mol. The molecule has 2 aliphatic heterocycles. The maximum absolute atomic E-state index is 14.5. The lowest BCUT2D eigenvalue weighted by molar-refractivity contribution is -0.152. The van der Waals surface area contributed by atoms with Crippen LogP contribution in [0.1, 0.15) is 56.1 Å². The van der Waals surface area contributed by atoms with Gasteiger partial charge in [-0.1, -0.05) is 23.7 Å². The lowest BCUT2D eigenvalue weighted by atomic mass is 9.70. The number of sulfonamides is 1. The number of esters is 1. The number of rotatable bonds is 8. The first kappa shape index (κ1) is 29.6. The van der Waals surface area contributed by atoms with E-state index < -0.39 is 44.5 Å². The van der Waals surface area contributed by atoms with E-state index >= 15 is 0 Å². The fourth-order valence-corrected chi connectivity index (χ4v) is 8.78. The SMILES string of the molecule is CCOC(=O)C1=C(C2CCN(S(=O)(=O)C3CC(C)(C(=O)O)C3)CC2)NC(c2nccs2)=N[C@@H]1c1cccc(F)c1Cl. The fraction of sp³-hybridized carbons (Fsp3) is 0.481. The van der Waals surface area contributed by atoms with Crippen molar-refractivity contribution in [2.45, 2.75) is 50.8 Å². The summed E-state index contributed by atoms with van der Waals surface area (Å²) in [7, 11) is -3.68. The van der Waals surface area contributed by atoms with Crippen molar-refractivity contribution in [1.82, 2.24) is 14.6 Å². The summed E-state index contributed by atoms with van der Waals surface area (Å²) in [4.78, 5) is 34.0. The third-order valence-electron chi connectivity index (χ3n) is 8.00. The van der Waals surface area contributed by atoms with Gasteiger partial charge in [-0.2, -0.15) is 0 Å². The minimum Gasteiger partial charge on any atom is -0.481 e. The highest BCUT2D eigenvalue weighted by molar-refractivity contribution is 7.89. The molecule has 1 saturated carbocycles. The average molecular weight is 625 g/mol. The summed E-state index contributed by atoms with van der Waals surface area (Å²) in [6, 6.07) is 3.36. The number of piperidine rings is 1. The molecule has 5 rings (SSSR count). The van der Waals surface area contributed by atoms with Crippen LogP contribution in [0, 0.1) is 17.2 Å². The quantitative estimate of drug-likeness (QED) is 0.418. The number of nitrogens with one attached hydrogen (secondary N) is 1. The predicted molar refractivity (Wildman–Crippen MR) is 152 cm³/mol. The lowest BCUT2D eigenvalue weighted by Gasteiger charge is -2.44. The summed E-state index contributed by atoms with van der Waals surface area (Å²) >= 11 is 7.72. The van der Waals surface area contributed by atoms with E-state index in [4.69, 9.17) is 21.3 Å². The molecule has 2 aromatic rings. The van der Waals surface area contributed by atoms with Crippen LogP contribution in [0.3, 0.4) is 0 Å². The lowest BCUT2D eigenvalue weighted by Crippen LogP contribution is -2.54. The number of benzene rings is 1. The number of carbonyl (C=O) groups is 2. The second-order valence-electron chi connectivity index (χ2n) is 10.6. The zero-order valence-corrected chi connectivity index (χ0v) is 24.9. The molecule has 1 aliphatic carbocycles. The minimum atomic E-state index is -3.68. The Hall–Kier alpha value is -2.87. The zero-order valence-electron chi connectivity index (χ0n) is 22.5. The van der Waals surface area contributed by atoms with Crippen LogP contribution < -0.4 is 5.32 Å². The number of aliphatic imine (C=N–C) groups is 1. The van der Waals surface area contributed by atoms with Gasteiger partial charge in [-0.05, 0) is 45.6 Å². The number of aliphatic carboxylic acids is 1. The average Bonchev–Trinajstić information content (AvgIpc) is 3.47. The number of carboxylic acids is 1. The van der Waals surface area contributed by atoms with Gasteiger partial charge in [0.05, 0.1) is 27.9 Å². The van der Waals surface area contributed by atoms with Crippen molar-refractivity contribution >= 4 is 50.7 Å². The van der Waals surface area contributed by atoms with Gasteiger partial charge in [0.15, 0.2) is 10.8 Å². The van der Waals surface area contributed by atoms with Gasteiger partial charge < -0.3 is 15.2 Å². The first-order valence-electron chi connectivity index (χ1n) is 13.3. The van der Waals surface area contributed by atoms with Crippen LogP contribution in [0.25, 0.3) is 0 Å². The Bertz CT molecular complexity index is 1510. The molecule has 1 atom stereocenters. The number of carboxylic acid groups (broad SMARTS) is 1. The fourth-order valence-electron chi connectivity index (χ4n) is 5.67. The van der Waals surface area contributed by atoms with Gasteiger partial charge in [0.25, 0.3) is 0 Å². The Balaban J connectivity index is 1.47. The zero-order chi connectivity index (χ0) is 29.5. The summed E-state index contributed by atoms with van der Waals surface area (Å²) in [6.07, 6.45) is 2.56. The third-order valence-corrected chi connectivity index (χ3v) is 11.4. The topological polar surface area (TPSA) is 138 Å². The highest BCUT2D eigenvalue weighted by atomic mass is 35.5. The molecule has 220 valence electrons. The molecule has 2 fully saturated rings. The number of aromatic nitrogens is 1. The second-order valence-corrected chi connectivity index (χ2v) is 14.1. The first-order chi connectivity index (χ1) is 19.5. The van der Waals surface area contributed by atoms with Gasteiger partial charge in [0, 0.05) is 41.8 Å². The molecule has 0 bridgehead atoms.